The average molecular weight is 184 g/mol. The van der Waals surface area contributed by atoms with Gasteiger partial charge in [0.15, 0.2) is 0 Å². The molecule has 1 atom stereocenters. The van der Waals surface area contributed by atoms with Gasteiger partial charge in [0.1, 0.15) is 0 Å². The zero-order valence-electron chi connectivity index (χ0n) is 8.62. The van der Waals surface area contributed by atoms with Crippen LogP contribution >= 0.6 is 0 Å². The molecule has 2 N–H and O–H groups in total. The lowest BCUT2D eigenvalue weighted by molar-refractivity contribution is -0.129. The normalized spacial score (nSPS) is 23.2. The largest absolute Gasteiger partial charge is 0.338 e. The van der Waals surface area contributed by atoms with Gasteiger partial charge in [-0.15, -0.1) is 0 Å². The second-order valence-electron chi connectivity index (χ2n) is 4.20. The predicted molar refractivity (Wildman–Crippen MR) is 53.2 cm³/mol. The number of rotatable bonds is 4. The summed E-state index contributed by atoms with van der Waals surface area (Å²) in [5.41, 5.74) is 5.60. The minimum Gasteiger partial charge on any atom is -0.338 e. The third kappa shape index (κ3) is 2.69. The van der Waals surface area contributed by atoms with Crippen LogP contribution in [0.5, 0.6) is 0 Å². The van der Waals surface area contributed by atoms with E-state index in [9.17, 15) is 4.79 Å². The molecule has 76 valence electrons. The summed E-state index contributed by atoms with van der Waals surface area (Å²) < 4.78 is 0. The van der Waals surface area contributed by atoms with E-state index in [2.05, 4.69) is 13.8 Å². The summed E-state index contributed by atoms with van der Waals surface area (Å²) in [5, 5.41) is 0. The molecule has 0 bridgehead atoms. The molecule has 1 unspecified atom stereocenters. The van der Waals surface area contributed by atoms with Crippen LogP contribution in [-0.2, 0) is 4.79 Å². The molecule has 1 heterocycles. The topological polar surface area (TPSA) is 46.3 Å². The van der Waals surface area contributed by atoms with E-state index in [1.54, 1.807) is 0 Å². The molecule has 0 aromatic carbocycles. The van der Waals surface area contributed by atoms with Gasteiger partial charge in [0.25, 0.3) is 0 Å². The third-order valence-electron chi connectivity index (χ3n) is 2.67. The van der Waals surface area contributed by atoms with Gasteiger partial charge in [-0.1, -0.05) is 13.8 Å². The van der Waals surface area contributed by atoms with Gasteiger partial charge in [0.05, 0.1) is 0 Å². The number of nitrogens with two attached hydrogens (primary N) is 1. The van der Waals surface area contributed by atoms with Crippen molar-refractivity contribution in [2.45, 2.75) is 39.2 Å². The van der Waals surface area contributed by atoms with E-state index in [4.69, 9.17) is 5.73 Å². The molecule has 3 nitrogen and oxygen atoms in total. The van der Waals surface area contributed by atoms with E-state index in [1.165, 1.54) is 0 Å². The van der Waals surface area contributed by atoms with Gasteiger partial charge in [0, 0.05) is 25.6 Å². The lowest BCUT2D eigenvalue weighted by Gasteiger charge is -2.24. The molecule has 0 aliphatic carbocycles. The minimum atomic E-state index is 0.288. The number of carbonyl (C=O) groups excluding carboxylic acids is 1. The van der Waals surface area contributed by atoms with Gasteiger partial charge in [0.2, 0.25) is 5.91 Å². The zero-order chi connectivity index (χ0) is 9.84. The fraction of sp³-hybridized carbons (Fsp3) is 0.900. The van der Waals surface area contributed by atoms with Crippen molar-refractivity contribution >= 4 is 5.91 Å². The van der Waals surface area contributed by atoms with Gasteiger partial charge in [-0.3, -0.25) is 4.79 Å². The van der Waals surface area contributed by atoms with Crippen molar-refractivity contribution in [2.24, 2.45) is 11.7 Å². The van der Waals surface area contributed by atoms with E-state index >= 15 is 0 Å². The van der Waals surface area contributed by atoms with Crippen LogP contribution in [-0.4, -0.2) is 29.9 Å². The van der Waals surface area contributed by atoms with Crippen molar-refractivity contribution in [1.29, 1.82) is 0 Å². The summed E-state index contributed by atoms with van der Waals surface area (Å²) in [6.07, 6.45) is 2.73. The Balaban J connectivity index is 2.40. The van der Waals surface area contributed by atoms with E-state index in [0.717, 1.165) is 19.4 Å². The minimum absolute atomic E-state index is 0.288. The highest BCUT2D eigenvalue weighted by atomic mass is 16.2. The SMILES string of the molecule is CC(C)CCN1C(=O)CCC1CN. The maximum atomic E-state index is 11.4. The Morgan fingerprint density at radius 1 is 1.62 bits per heavy atom. The van der Waals surface area contributed by atoms with Crippen molar-refractivity contribution in [3.05, 3.63) is 0 Å². The molecule has 0 saturated carbocycles. The first-order valence-corrected chi connectivity index (χ1v) is 5.14. The summed E-state index contributed by atoms with van der Waals surface area (Å²) in [6, 6.07) is 0.311. The van der Waals surface area contributed by atoms with E-state index < -0.39 is 0 Å². The fourth-order valence-corrected chi connectivity index (χ4v) is 1.74. The van der Waals surface area contributed by atoms with Crippen LogP contribution < -0.4 is 5.73 Å². The molecule has 13 heavy (non-hydrogen) atoms. The lowest BCUT2D eigenvalue weighted by Crippen LogP contribution is -2.38. The van der Waals surface area contributed by atoms with Crippen LogP contribution in [0.1, 0.15) is 33.1 Å². The van der Waals surface area contributed by atoms with Crippen LogP contribution in [0, 0.1) is 5.92 Å². The standard InChI is InChI=1S/C10H20N2O/c1-8(2)5-6-12-9(7-11)3-4-10(12)13/h8-9H,3-7,11H2,1-2H3. The van der Waals surface area contributed by atoms with Crippen molar-refractivity contribution in [2.75, 3.05) is 13.1 Å². The van der Waals surface area contributed by atoms with Crippen LogP contribution in [0.4, 0.5) is 0 Å². The molecule has 0 spiro atoms. The number of hydrogen-bond acceptors (Lipinski definition) is 2. The van der Waals surface area contributed by atoms with Crippen molar-refractivity contribution in [3.8, 4) is 0 Å². The van der Waals surface area contributed by atoms with Gasteiger partial charge in [-0.2, -0.15) is 0 Å². The summed E-state index contributed by atoms with van der Waals surface area (Å²) in [6.45, 7) is 5.86. The van der Waals surface area contributed by atoms with E-state index in [-0.39, 0.29) is 5.91 Å². The number of likely N-dealkylation sites (tertiary alicyclic amines) is 1. The molecule has 3 heteroatoms. The monoisotopic (exact) mass is 184 g/mol. The molecule has 1 saturated heterocycles. The lowest BCUT2D eigenvalue weighted by atomic mass is 10.1. The maximum absolute atomic E-state index is 11.4. The van der Waals surface area contributed by atoms with E-state index in [1.807, 2.05) is 4.90 Å². The van der Waals surface area contributed by atoms with E-state index in [0.29, 0.717) is 24.9 Å². The second-order valence-corrected chi connectivity index (χ2v) is 4.20. The number of hydrogen-bond donors (Lipinski definition) is 1. The zero-order valence-corrected chi connectivity index (χ0v) is 8.62. The first-order valence-electron chi connectivity index (χ1n) is 5.14. The van der Waals surface area contributed by atoms with Gasteiger partial charge in [-0.05, 0) is 18.8 Å². The van der Waals surface area contributed by atoms with Crippen LogP contribution in [0.15, 0.2) is 0 Å². The molecule has 1 amide bonds. The highest BCUT2D eigenvalue weighted by molar-refractivity contribution is 5.78. The molecule has 0 aromatic rings. The summed E-state index contributed by atoms with van der Waals surface area (Å²) in [5.74, 6) is 0.947. The quantitative estimate of drug-likeness (QED) is 0.708. The smallest absolute Gasteiger partial charge is 0.222 e. The molecule has 1 rings (SSSR count). The Labute approximate surface area is 80.3 Å². The first kappa shape index (κ1) is 10.5. The summed E-state index contributed by atoms with van der Waals surface area (Å²) in [7, 11) is 0. The maximum Gasteiger partial charge on any atom is 0.222 e. The molecule has 0 radical (unpaired) electrons. The van der Waals surface area contributed by atoms with Crippen molar-refractivity contribution in [3.63, 3.8) is 0 Å². The Morgan fingerprint density at radius 2 is 2.31 bits per heavy atom. The van der Waals surface area contributed by atoms with Crippen molar-refractivity contribution in [1.82, 2.24) is 4.90 Å². The first-order chi connectivity index (χ1) is 6.15. The Hall–Kier alpha value is -0.570. The number of amides is 1. The number of nitrogens with zero attached hydrogens (tertiary/aromatic N) is 1. The summed E-state index contributed by atoms with van der Waals surface area (Å²) >= 11 is 0. The van der Waals surface area contributed by atoms with Gasteiger partial charge in [-0.25, -0.2) is 0 Å². The van der Waals surface area contributed by atoms with Gasteiger partial charge < -0.3 is 10.6 Å². The molecule has 1 aliphatic heterocycles. The Morgan fingerprint density at radius 3 is 2.85 bits per heavy atom. The summed E-state index contributed by atoms with van der Waals surface area (Å²) in [4.78, 5) is 13.4. The van der Waals surface area contributed by atoms with Crippen molar-refractivity contribution < 1.29 is 4.79 Å². The molecular weight excluding hydrogens is 164 g/mol. The third-order valence-corrected chi connectivity index (χ3v) is 2.67. The highest BCUT2D eigenvalue weighted by Gasteiger charge is 2.29. The predicted octanol–water partition coefficient (Wildman–Crippen LogP) is 0.982. The number of carbonyl (C=O) groups is 1. The average Bonchev–Trinajstić information content (AvgIpc) is 2.43. The molecule has 1 fully saturated rings. The second kappa shape index (κ2) is 4.61. The van der Waals surface area contributed by atoms with Crippen LogP contribution in [0.2, 0.25) is 0 Å². The van der Waals surface area contributed by atoms with Crippen LogP contribution in [0.25, 0.3) is 0 Å². The highest BCUT2D eigenvalue weighted by Crippen LogP contribution is 2.18. The Kier molecular flexibility index (Phi) is 3.72. The van der Waals surface area contributed by atoms with Crippen LogP contribution in [0.3, 0.4) is 0 Å². The Bertz CT molecular complexity index is 180. The van der Waals surface area contributed by atoms with Gasteiger partial charge >= 0.3 is 0 Å². The molecule has 1 aliphatic rings. The molecular formula is C10H20N2O. The molecule has 0 aromatic heterocycles. The fourth-order valence-electron chi connectivity index (χ4n) is 1.74.